The van der Waals surface area contributed by atoms with Gasteiger partial charge in [0.1, 0.15) is 24.4 Å². The van der Waals surface area contributed by atoms with Crippen molar-refractivity contribution >= 4 is 51.8 Å². The zero-order valence-corrected chi connectivity index (χ0v) is 26.1. The van der Waals surface area contributed by atoms with Gasteiger partial charge in [-0.3, -0.25) is 9.59 Å². The molecule has 0 aliphatic carbocycles. The number of ether oxygens (including phenoxy) is 2. The standard InChI is InChI=1S/C27H37IN4O7S/c1-16-22(40-15-30-16)17-5-6-18(21(11-17)39-10-9-38-8-7-28)13-29-24(34)20-12-19(33)14-32(20)25(35)23(27(2,3)4)31-26(36)37/h5-6,11,15,19-20,23,31,33H,7-10,12-14H2,1-4H3,(H,29,34)(H,36,37)/t19-,20+,23?/m1/s1. The molecule has 3 atom stereocenters. The fourth-order valence-corrected chi connectivity index (χ4v) is 5.58. The van der Waals surface area contributed by atoms with E-state index in [0.29, 0.717) is 25.6 Å². The maximum absolute atomic E-state index is 13.4. The second kappa shape index (κ2) is 14.4. The van der Waals surface area contributed by atoms with Crippen LogP contribution >= 0.6 is 33.9 Å². The number of halogens is 1. The number of β-amino-alcohol motifs (C(OH)–C–C–N with tert-alkyl or cyclic N) is 1. The molecule has 0 bridgehead atoms. The molecule has 4 N–H and O–H groups in total. The molecule has 1 aliphatic heterocycles. The molecule has 0 saturated carbocycles. The van der Waals surface area contributed by atoms with Crippen LogP contribution in [0.2, 0.25) is 0 Å². The Balaban J connectivity index is 1.76. The van der Waals surface area contributed by atoms with Crippen LogP contribution in [0.25, 0.3) is 10.4 Å². The van der Waals surface area contributed by atoms with Crippen molar-refractivity contribution in [3.63, 3.8) is 0 Å². The first-order valence-corrected chi connectivity index (χ1v) is 15.4. The van der Waals surface area contributed by atoms with Crippen LogP contribution in [0.4, 0.5) is 4.79 Å². The first-order chi connectivity index (χ1) is 18.9. The van der Waals surface area contributed by atoms with Crippen molar-refractivity contribution in [2.45, 2.75) is 58.8 Å². The largest absolute Gasteiger partial charge is 0.491 e. The van der Waals surface area contributed by atoms with Gasteiger partial charge in [0.25, 0.3) is 0 Å². The molecule has 11 nitrogen and oxygen atoms in total. The van der Waals surface area contributed by atoms with E-state index in [2.05, 4.69) is 38.2 Å². The summed E-state index contributed by atoms with van der Waals surface area (Å²) < 4.78 is 12.5. The van der Waals surface area contributed by atoms with Crippen molar-refractivity contribution < 1.29 is 34.1 Å². The first kappa shape index (κ1) is 32.0. The van der Waals surface area contributed by atoms with E-state index >= 15 is 0 Å². The molecule has 0 spiro atoms. The summed E-state index contributed by atoms with van der Waals surface area (Å²) >= 11 is 3.77. The van der Waals surface area contributed by atoms with E-state index in [4.69, 9.17) is 9.47 Å². The van der Waals surface area contributed by atoms with Crippen molar-refractivity contribution in [3.05, 3.63) is 35.0 Å². The number of nitrogens with zero attached hydrogens (tertiary/aromatic N) is 2. The van der Waals surface area contributed by atoms with Crippen LogP contribution in [0.3, 0.4) is 0 Å². The van der Waals surface area contributed by atoms with Crippen molar-refractivity contribution in [3.8, 4) is 16.2 Å². The number of benzene rings is 1. The lowest BCUT2D eigenvalue weighted by Gasteiger charge is -2.34. The molecule has 220 valence electrons. The third-order valence-electron chi connectivity index (χ3n) is 6.48. The second-order valence-corrected chi connectivity index (χ2v) is 12.5. The van der Waals surface area contributed by atoms with E-state index < -0.39 is 41.5 Å². The van der Waals surface area contributed by atoms with Crippen LogP contribution < -0.4 is 15.4 Å². The van der Waals surface area contributed by atoms with Gasteiger partial charge >= 0.3 is 6.09 Å². The average Bonchev–Trinajstić information content (AvgIpc) is 3.50. The number of alkyl halides is 1. The summed E-state index contributed by atoms with van der Waals surface area (Å²) in [6.07, 6.45) is -2.17. The van der Waals surface area contributed by atoms with Crippen LogP contribution in [-0.2, 0) is 20.9 Å². The Morgan fingerprint density at radius 1 is 1.25 bits per heavy atom. The predicted octanol–water partition coefficient (Wildman–Crippen LogP) is 3.21. The number of aliphatic hydroxyl groups is 1. The molecular formula is C27H37IN4O7S. The number of aromatic nitrogens is 1. The van der Waals surface area contributed by atoms with Gasteiger partial charge in [-0.2, -0.15) is 0 Å². The maximum Gasteiger partial charge on any atom is 0.405 e. The molecule has 13 heteroatoms. The summed E-state index contributed by atoms with van der Waals surface area (Å²) in [7, 11) is 0. The summed E-state index contributed by atoms with van der Waals surface area (Å²) in [5, 5.41) is 24.7. The number of hydrogen-bond donors (Lipinski definition) is 4. The number of hydrogen-bond acceptors (Lipinski definition) is 8. The highest BCUT2D eigenvalue weighted by atomic mass is 127. The fourth-order valence-electron chi connectivity index (χ4n) is 4.47. The second-order valence-electron chi connectivity index (χ2n) is 10.6. The van der Waals surface area contributed by atoms with E-state index in [-0.39, 0.29) is 19.5 Å². The van der Waals surface area contributed by atoms with E-state index in [1.807, 2.05) is 25.1 Å². The van der Waals surface area contributed by atoms with Crippen molar-refractivity contribution in [1.29, 1.82) is 0 Å². The lowest BCUT2D eigenvalue weighted by atomic mass is 9.85. The number of carboxylic acid groups (broad SMARTS) is 1. The number of aliphatic hydroxyl groups excluding tert-OH is 1. The monoisotopic (exact) mass is 688 g/mol. The van der Waals surface area contributed by atoms with Gasteiger partial charge in [0.05, 0.1) is 35.4 Å². The quantitative estimate of drug-likeness (QED) is 0.151. The van der Waals surface area contributed by atoms with Crippen molar-refractivity contribution in [1.82, 2.24) is 20.5 Å². The van der Waals surface area contributed by atoms with Gasteiger partial charge in [0, 0.05) is 29.5 Å². The van der Waals surface area contributed by atoms with Crippen LogP contribution in [0.5, 0.6) is 5.75 Å². The average molecular weight is 689 g/mol. The zero-order chi connectivity index (χ0) is 29.4. The van der Waals surface area contributed by atoms with E-state index in [0.717, 1.165) is 26.1 Å². The Morgan fingerprint density at radius 3 is 2.62 bits per heavy atom. The highest BCUT2D eigenvalue weighted by Crippen LogP contribution is 2.32. The number of rotatable bonds is 12. The van der Waals surface area contributed by atoms with Crippen LogP contribution in [-0.4, -0.2) is 87.0 Å². The van der Waals surface area contributed by atoms with Gasteiger partial charge in [-0.25, -0.2) is 9.78 Å². The fraction of sp³-hybridized carbons (Fsp3) is 0.556. The van der Waals surface area contributed by atoms with Gasteiger partial charge in [0.2, 0.25) is 11.8 Å². The number of nitrogens with one attached hydrogen (secondary N) is 2. The Morgan fingerprint density at radius 2 is 2.00 bits per heavy atom. The summed E-state index contributed by atoms with van der Waals surface area (Å²) in [6, 6.07) is 3.73. The molecule has 1 saturated heterocycles. The molecule has 3 rings (SSSR count). The molecule has 1 fully saturated rings. The number of carbonyl (C=O) groups is 3. The Kier molecular flexibility index (Phi) is 11.5. The Hall–Kier alpha value is -2.49. The summed E-state index contributed by atoms with van der Waals surface area (Å²) in [4.78, 5) is 44.6. The van der Waals surface area contributed by atoms with E-state index in [1.54, 1.807) is 26.3 Å². The summed E-state index contributed by atoms with van der Waals surface area (Å²) in [5.74, 6) is -0.389. The zero-order valence-electron chi connectivity index (χ0n) is 23.1. The van der Waals surface area contributed by atoms with E-state index in [1.165, 1.54) is 16.2 Å². The molecule has 40 heavy (non-hydrogen) atoms. The molecular weight excluding hydrogens is 651 g/mol. The van der Waals surface area contributed by atoms with Gasteiger partial charge in [-0.1, -0.05) is 55.5 Å². The number of thiazole rings is 1. The minimum Gasteiger partial charge on any atom is -0.491 e. The minimum atomic E-state index is -1.33. The molecule has 2 heterocycles. The molecule has 1 aromatic carbocycles. The highest BCUT2D eigenvalue weighted by molar-refractivity contribution is 14.1. The predicted molar refractivity (Wildman–Crippen MR) is 160 cm³/mol. The summed E-state index contributed by atoms with van der Waals surface area (Å²) in [5.41, 5.74) is 3.65. The van der Waals surface area contributed by atoms with Gasteiger partial charge in [-0.15, -0.1) is 11.3 Å². The van der Waals surface area contributed by atoms with Crippen molar-refractivity contribution in [2.24, 2.45) is 5.41 Å². The van der Waals surface area contributed by atoms with E-state index in [9.17, 15) is 24.6 Å². The van der Waals surface area contributed by atoms with Crippen LogP contribution in [0.1, 0.15) is 38.4 Å². The Labute approximate surface area is 251 Å². The molecule has 1 aromatic heterocycles. The molecule has 2 aromatic rings. The lowest BCUT2D eigenvalue weighted by molar-refractivity contribution is -0.142. The lowest BCUT2D eigenvalue weighted by Crippen LogP contribution is -2.57. The maximum atomic E-state index is 13.4. The third kappa shape index (κ3) is 8.51. The summed E-state index contributed by atoms with van der Waals surface area (Å²) in [6.45, 7) is 8.62. The molecule has 1 unspecified atom stereocenters. The molecule has 0 radical (unpaired) electrons. The number of aryl methyl sites for hydroxylation is 1. The highest BCUT2D eigenvalue weighted by Gasteiger charge is 2.44. The van der Waals surface area contributed by atoms with Gasteiger partial charge in [-0.05, 0) is 24.0 Å². The third-order valence-corrected chi connectivity index (χ3v) is 7.90. The Bertz CT molecular complexity index is 1190. The van der Waals surface area contributed by atoms with Gasteiger partial charge < -0.3 is 35.2 Å². The smallest absolute Gasteiger partial charge is 0.405 e. The number of likely N-dealkylation sites (tertiary alicyclic amines) is 1. The number of carbonyl (C=O) groups excluding carboxylic acids is 2. The number of amides is 3. The SMILES string of the molecule is Cc1ncsc1-c1ccc(CNC(=O)[C@@H]2C[C@@H](O)CN2C(=O)C(NC(=O)O)C(C)(C)C)c(OCCOCCI)c1. The van der Waals surface area contributed by atoms with Crippen LogP contribution in [0.15, 0.2) is 23.7 Å². The molecule has 3 amide bonds. The minimum absolute atomic E-state index is 0.0563. The van der Waals surface area contributed by atoms with Crippen LogP contribution in [0, 0.1) is 12.3 Å². The molecule has 1 aliphatic rings. The van der Waals surface area contributed by atoms with Gasteiger partial charge in [0.15, 0.2) is 0 Å². The normalized spacial score (nSPS) is 17.9. The van der Waals surface area contributed by atoms with Crippen molar-refractivity contribution in [2.75, 3.05) is 30.8 Å². The first-order valence-electron chi connectivity index (χ1n) is 13.0. The topological polar surface area (TPSA) is 150 Å².